The molecule has 3 aromatic rings. The Labute approximate surface area is 213 Å². The van der Waals surface area contributed by atoms with Crippen LogP contribution in [0.15, 0.2) is 77.7 Å². The Kier molecular flexibility index (Phi) is 8.53. The Morgan fingerprint density at radius 1 is 0.861 bits per heavy atom. The number of aryl methyl sites for hydroxylation is 3. The number of anilines is 1. The van der Waals surface area contributed by atoms with Gasteiger partial charge in [0.15, 0.2) is 0 Å². The van der Waals surface area contributed by atoms with Crippen molar-refractivity contribution >= 4 is 27.5 Å². The number of nitrogens with one attached hydrogen (secondary N) is 1. The summed E-state index contributed by atoms with van der Waals surface area (Å²) in [5, 5.41) is 2.59. The van der Waals surface area contributed by atoms with Gasteiger partial charge in [-0.15, -0.1) is 0 Å². The second-order valence-electron chi connectivity index (χ2n) is 8.91. The lowest BCUT2D eigenvalue weighted by molar-refractivity contribution is -0.139. The van der Waals surface area contributed by atoms with E-state index in [0.29, 0.717) is 11.3 Å². The molecule has 3 aromatic carbocycles. The van der Waals surface area contributed by atoms with Gasteiger partial charge in [0.25, 0.3) is 10.0 Å². The largest absolute Gasteiger partial charge is 0.357 e. The SMILES string of the molecule is CNC(=O)[C@H](C)N(Cc1ccc(C)cc1)C(=O)CN(c1ccccc1C)S(=O)(=O)c1ccc(C)cc1. The summed E-state index contributed by atoms with van der Waals surface area (Å²) in [5.74, 6) is -0.815. The van der Waals surface area contributed by atoms with Crippen LogP contribution in [0.25, 0.3) is 0 Å². The number of rotatable bonds is 9. The summed E-state index contributed by atoms with van der Waals surface area (Å²) in [4.78, 5) is 27.8. The highest BCUT2D eigenvalue weighted by molar-refractivity contribution is 7.92. The van der Waals surface area contributed by atoms with Gasteiger partial charge in [-0.2, -0.15) is 0 Å². The molecule has 0 spiro atoms. The van der Waals surface area contributed by atoms with E-state index >= 15 is 0 Å². The number of amides is 2. The van der Waals surface area contributed by atoms with Gasteiger partial charge in [-0.1, -0.05) is 65.7 Å². The first-order valence-corrected chi connectivity index (χ1v) is 13.2. The number of carbonyl (C=O) groups excluding carboxylic acids is 2. The minimum Gasteiger partial charge on any atom is -0.357 e. The fourth-order valence-corrected chi connectivity index (χ4v) is 5.35. The van der Waals surface area contributed by atoms with E-state index in [4.69, 9.17) is 0 Å². The van der Waals surface area contributed by atoms with Crippen LogP contribution in [-0.2, 0) is 26.2 Å². The third-order valence-electron chi connectivity index (χ3n) is 6.16. The summed E-state index contributed by atoms with van der Waals surface area (Å²) in [5.41, 5.74) is 3.97. The second kappa shape index (κ2) is 11.4. The predicted octanol–water partition coefficient (Wildman–Crippen LogP) is 3.97. The number of hydrogen-bond donors (Lipinski definition) is 1. The number of hydrogen-bond acceptors (Lipinski definition) is 4. The molecule has 8 heteroatoms. The number of benzene rings is 3. The molecular weight excluding hydrogens is 474 g/mol. The van der Waals surface area contributed by atoms with Gasteiger partial charge in [0, 0.05) is 13.6 Å². The minimum absolute atomic E-state index is 0.0913. The number of para-hydroxylation sites is 1. The van der Waals surface area contributed by atoms with Crippen LogP contribution in [0.1, 0.15) is 29.2 Å². The van der Waals surface area contributed by atoms with Gasteiger partial charge in [-0.05, 0) is 57.0 Å². The van der Waals surface area contributed by atoms with E-state index in [9.17, 15) is 18.0 Å². The number of sulfonamides is 1. The topological polar surface area (TPSA) is 86.8 Å². The third kappa shape index (κ3) is 6.12. The Hall–Kier alpha value is -3.65. The fraction of sp³-hybridized carbons (Fsp3) is 0.286. The maximum atomic E-state index is 13.8. The molecule has 0 unspecified atom stereocenters. The molecule has 0 aromatic heterocycles. The zero-order valence-electron chi connectivity index (χ0n) is 21.4. The van der Waals surface area contributed by atoms with E-state index in [2.05, 4.69) is 5.32 Å². The zero-order valence-corrected chi connectivity index (χ0v) is 22.2. The van der Waals surface area contributed by atoms with E-state index in [1.807, 2.05) is 44.2 Å². The monoisotopic (exact) mass is 507 g/mol. The highest BCUT2D eigenvalue weighted by Gasteiger charge is 2.32. The standard InChI is InChI=1S/C28H33N3O4S/c1-20-10-14-24(15-11-20)18-30(23(4)28(33)29-5)27(32)19-31(26-9-7-6-8-22(26)3)36(34,35)25-16-12-21(2)13-17-25/h6-17,23H,18-19H2,1-5H3,(H,29,33)/t23-/m0/s1. The summed E-state index contributed by atoms with van der Waals surface area (Å²) < 4.78 is 28.7. The van der Waals surface area contributed by atoms with Crippen LogP contribution in [-0.4, -0.2) is 44.8 Å². The molecular formula is C28H33N3O4S. The molecule has 190 valence electrons. The average Bonchev–Trinajstić information content (AvgIpc) is 2.86. The van der Waals surface area contributed by atoms with Crippen molar-refractivity contribution in [3.8, 4) is 0 Å². The molecule has 0 saturated carbocycles. The highest BCUT2D eigenvalue weighted by atomic mass is 32.2. The van der Waals surface area contributed by atoms with Gasteiger partial charge in [-0.3, -0.25) is 13.9 Å². The second-order valence-corrected chi connectivity index (χ2v) is 10.8. The fourth-order valence-electron chi connectivity index (χ4n) is 3.88. The molecule has 7 nitrogen and oxygen atoms in total. The Balaban J connectivity index is 2.04. The Bertz CT molecular complexity index is 1320. The lowest BCUT2D eigenvalue weighted by Gasteiger charge is -2.32. The minimum atomic E-state index is -4.07. The molecule has 0 radical (unpaired) electrons. The van der Waals surface area contributed by atoms with Gasteiger partial charge in [0.2, 0.25) is 11.8 Å². The van der Waals surface area contributed by atoms with E-state index in [1.54, 1.807) is 44.2 Å². The third-order valence-corrected chi connectivity index (χ3v) is 7.93. The molecule has 0 aliphatic carbocycles. The summed E-state index contributed by atoms with van der Waals surface area (Å²) in [6.07, 6.45) is 0. The van der Waals surface area contributed by atoms with Crippen molar-refractivity contribution in [2.24, 2.45) is 0 Å². The maximum Gasteiger partial charge on any atom is 0.264 e. The van der Waals surface area contributed by atoms with Crippen LogP contribution in [0.2, 0.25) is 0 Å². The van der Waals surface area contributed by atoms with E-state index < -0.39 is 28.5 Å². The first-order valence-electron chi connectivity index (χ1n) is 11.8. The predicted molar refractivity (Wildman–Crippen MR) is 142 cm³/mol. The molecule has 2 amide bonds. The van der Waals surface area contributed by atoms with Crippen molar-refractivity contribution in [3.05, 3.63) is 95.1 Å². The van der Waals surface area contributed by atoms with Gasteiger partial charge >= 0.3 is 0 Å². The van der Waals surface area contributed by atoms with Crippen molar-refractivity contribution in [1.82, 2.24) is 10.2 Å². The van der Waals surface area contributed by atoms with Crippen LogP contribution < -0.4 is 9.62 Å². The van der Waals surface area contributed by atoms with Crippen molar-refractivity contribution in [3.63, 3.8) is 0 Å². The smallest absolute Gasteiger partial charge is 0.264 e. The maximum absolute atomic E-state index is 13.8. The number of likely N-dealkylation sites (N-methyl/N-ethyl adjacent to an activating group) is 1. The molecule has 0 bridgehead atoms. The van der Waals surface area contributed by atoms with E-state index in [0.717, 1.165) is 21.0 Å². The van der Waals surface area contributed by atoms with Gasteiger partial charge in [-0.25, -0.2) is 8.42 Å². The summed E-state index contributed by atoms with van der Waals surface area (Å²) in [6, 6.07) is 20.4. The summed E-state index contributed by atoms with van der Waals surface area (Å²) >= 11 is 0. The average molecular weight is 508 g/mol. The molecule has 1 atom stereocenters. The molecule has 3 rings (SSSR count). The van der Waals surface area contributed by atoms with E-state index in [1.165, 1.54) is 24.1 Å². The van der Waals surface area contributed by atoms with Crippen LogP contribution in [0.3, 0.4) is 0 Å². The first kappa shape index (κ1) is 26.9. The quantitative estimate of drug-likeness (QED) is 0.475. The zero-order chi connectivity index (χ0) is 26.5. The molecule has 36 heavy (non-hydrogen) atoms. The summed E-state index contributed by atoms with van der Waals surface area (Å²) in [6.45, 7) is 7.00. The highest BCUT2D eigenvalue weighted by Crippen LogP contribution is 2.27. The van der Waals surface area contributed by atoms with Gasteiger partial charge < -0.3 is 10.2 Å². The van der Waals surface area contributed by atoms with Crippen molar-refractivity contribution < 1.29 is 18.0 Å². The molecule has 0 heterocycles. The molecule has 0 aliphatic rings. The normalized spacial score (nSPS) is 12.0. The van der Waals surface area contributed by atoms with Crippen LogP contribution in [0, 0.1) is 20.8 Å². The van der Waals surface area contributed by atoms with Gasteiger partial charge in [0.05, 0.1) is 10.6 Å². The molecule has 0 aliphatic heterocycles. The number of nitrogens with zero attached hydrogens (tertiary/aromatic N) is 2. The van der Waals surface area contributed by atoms with Crippen molar-refractivity contribution in [2.45, 2.75) is 45.2 Å². The Morgan fingerprint density at radius 3 is 1.97 bits per heavy atom. The first-order chi connectivity index (χ1) is 17.0. The van der Waals surface area contributed by atoms with E-state index in [-0.39, 0.29) is 17.3 Å². The van der Waals surface area contributed by atoms with Crippen molar-refractivity contribution in [2.75, 3.05) is 17.9 Å². The molecule has 0 fully saturated rings. The molecule has 0 saturated heterocycles. The van der Waals surface area contributed by atoms with Crippen LogP contribution in [0.4, 0.5) is 5.69 Å². The lowest BCUT2D eigenvalue weighted by Crippen LogP contribution is -2.50. The van der Waals surface area contributed by atoms with Crippen LogP contribution in [0.5, 0.6) is 0 Å². The summed E-state index contributed by atoms with van der Waals surface area (Å²) in [7, 11) is -2.56. The lowest BCUT2D eigenvalue weighted by atomic mass is 10.1. The van der Waals surface area contributed by atoms with Crippen LogP contribution >= 0.6 is 0 Å². The number of carbonyl (C=O) groups is 2. The Morgan fingerprint density at radius 2 is 1.42 bits per heavy atom. The van der Waals surface area contributed by atoms with Crippen molar-refractivity contribution in [1.29, 1.82) is 0 Å². The van der Waals surface area contributed by atoms with Gasteiger partial charge in [0.1, 0.15) is 12.6 Å². The molecule has 1 N–H and O–H groups in total.